The molecular formula is C41H74O12S. The summed E-state index contributed by atoms with van der Waals surface area (Å²) in [5.41, 5.74) is 0. The van der Waals surface area contributed by atoms with E-state index in [4.69, 9.17) is 18.9 Å². The van der Waals surface area contributed by atoms with E-state index in [0.717, 1.165) is 77.0 Å². The van der Waals surface area contributed by atoms with E-state index in [1.54, 1.807) is 0 Å². The van der Waals surface area contributed by atoms with Crippen molar-refractivity contribution in [2.24, 2.45) is 0 Å². The predicted molar refractivity (Wildman–Crippen MR) is 210 cm³/mol. The highest BCUT2D eigenvalue weighted by Gasteiger charge is 2.46. The van der Waals surface area contributed by atoms with Gasteiger partial charge in [-0.3, -0.25) is 14.1 Å². The average Bonchev–Trinajstić information content (AvgIpc) is 3.13. The molecule has 316 valence electrons. The molecule has 0 aliphatic carbocycles. The number of allylic oxidation sites excluding steroid dienone is 4. The van der Waals surface area contributed by atoms with Gasteiger partial charge in [0.1, 0.15) is 36.8 Å². The van der Waals surface area contributed by atoms with Crippen LogP contribution in [-0.2, 0) is 38.7 Å². The van der Waals surface area contributed by atoms with Crippen LogP contribution in [0.2, 0.25) is 0 Å². The minimum Gasteiger partial charge on any atom is -0.462 e. The minimum absolute atomic E-state index is 0.154. The minimum atomic E-state index is -4.60. The zero-order valence-electron chi connectivity index (χ0n) is 33.3. The number of carbonyl (C=O) groups is 2. The molecule has 1 heterocycles. The Hall–Kier alpha value is -1.87. The summed E-state index contributed by atoms with van der Waals surface area (Å²) in [6.45, 7) is 3.68. The number of carbonyl (C=O) groups excluding carboxylic acids is 2. The maximum atomic E-state index is 12.8. The largest absolute Gasteiger partial charge is 0.462 e. The predicted octanol–water partition coefficient (Wildman–Crippen LogP) is 7.67. The Kier molecular flexibility index (Phi) is 29.9. The molecule has 12 nitrogen and oxygen atoms in total. The van der Waals surface area contributed by atoms with Gasteiger partial charge in [-0.25, -0.2) is 0 Å². The van der Waals surface area contributed by atoms with Crippen molar-refractivity contribution in [2.75, 3.05) is 19.0 Å². The Balaban J connectivity index is 2.50. The van der Waals surface area contributed by atoms with Crippen molar-refractivity contribution in [3.05, 3.63) is 24.3 Å². The molecule has 0 bridgehead atoms. The molecule has 2 unspecified atom stereocenters. The molecule has 54 heavy (non-hydrogen) atoms. The fourth-order valence-corrected chi connectivity index (χ4v) is 6.87. The first-order valence-electron chi connectivity index (χ1n) is 20.9. The van der Waals surface area contributed by atoms with E-state index in [1.165, 1.54) is 51.4 Å². The molecule has 4 N–H and O–H groups in total. The van der Waals surface area contributed by atoms with E-state index in [2.05, 4.69) is 38.2 Å². The van der Waals surface area contributed by atoms with Gasteiger partial charge in [0, 0.05) is 12.8 Å². The normalized spacial score (nSPS) is 21.2. The molecule has 1 rings (SSSR count). The molecule has 0 amide bonds. The van der Waals surface area contributed by atoms with Crippen molar-refractivity contribution >= 4 is 22.1 Å². The van der Waals surface area contributed by atoms with Crippen LogP contribution in [0.4, 0.5) is 0 Å². The first kappa shape index (κ1) is 50.1. The molecule has 0 aromatic heterocycles. The van der Waals surface area contributed by atoms with E-state index in [9.17, 15) is 37.9 Å². The van der Waals surface area contributed by atoms with Crippen LogP contribution < -0.4 is 0 Å². The number of aliphatic hydroxyl groups is 3. The Labute approximate surface area is 326 Å². The summed E-state index contributed by atoms with van der Waals surface area (Å²) in [4.78, 5) is 25.3. The zero-order valence-corrected chi connectivity index (χ0v) is 34.1. The molecule has 1 saturated heterocycles. The molecule has 0 spiro atoms. The number of esters is 2. The molecule has 0 saturated carbocycles. The van der Waals surface area contributed by atoms with Crippen molar-refractivity contribution in [2.45, 2.75) is 205 Å². The highest BCUT2D eigenvalue weighted by atomic mass is 32.2. The standard InChI is InChI=1S/C41H74O12S/c1-3-5-7-9-11-13-15-16-17-18-20-22-24-26-28-30-37(43)52-34(31-50-36(42)29-27-25-23-21-19-14-12-10-8-6-4-2)32-51-41-40(46)39(45)38(44)35(53-41)33-54(47,48)49/h10,12,16-17,34-35,38-41,44-46H,3-9,11,13-15,18-33H2,1-2H3,(H,47,48,49)/b12-10+,17-16+/t34-,35-,38-,39?,40?,41+/m1/s1. The summed E-state index contributed by atoms with van der Waals surface area (Å²) in [5.74, 6) is -2.00. The molecular weight excluding hydrogens is 717 g/mol. The van der Waals surface area contributed by atoms with Crippen LogP contribution in [0.5, 0.6) is 0 Å². The van der Waals surface area contributed by atoms with Crippen LogP contribution in [0.15, 0.2) is 24.3 Å². The van der Waals surface area contributed by atoms with Crippen molar-refractivity contribution in [3.8, 4) is 0 Å². The van der Waals surface area contributed by atoms with Crippen LogP contribution in [0.1, 0.15) is 168 Å². The van der Waals surface area contributed by atoms with Crippen molar-refractivity contribution in [1.29, 1.82) is 0 Å². The van der Waals surface area contributed by atoms with Gasteiger partial charge in [0.2, 0.25) is 0 Å². The fourth-order valence-electron chi connectivity index (χ4n) is 6.18. The van der Waals surface area contributed by atoms with Gasteiger partial charge >= 0.3 is 11.9 Å². The topological polar surface area (TPSA) is 186 Å². The molecule has 1 aliphatic rings. The maximum absolute atomic E-state index is 12.8. The van der Waals surface area contributed by atoms with Crippen LogP contribution >= 0.6 is 0 Å². The van der Waals surface area contributed by atoms with Crippen LogP contribution in [0.25, 0.3) is 0 Å². The van der Waals surface area contributed by atoms with E-state index < -0.39 is 71.2 Å². The van der Waals surface area contributed by atoms with Gasteiger partial charge in [0.25, 0.3) is 10.1 Å². The fraction of sp³-hybridized carbons (Fsp3) is 0.854. The zero-order chi connectivity index (χ0) is 39.9. The smallest absolute Gasteiger partial charge is 0.306 e. The quantitative estimate of drug-likeness (QED) is 0.0216. The van der Waals surface area contributed by atoms with Crippen molar-refractivity contribution in [3.63, 3.8) is 0 Å². The number of rotatable bonds is 34. The Morgan fingerprint density at radius 2 is 1.07 bits per heavy atom. The number of hydrogen-bond acceptors (Lipinski definition) is 11. The van der Waals surface area contributed by atoms with Gasteiger partial charge in [-0.2, -0.15) is 8.42 Å². The van der Waals surface area contributed by atoms with Crippen LogP contribution in [0.3, 0.4) is 0 Å². The third-order valence-electron chi connectivity index (χ3n) is 9.50. The van der Waals surface area contributed by atoms with E-state index in [0.29, 0.717) is 12.8 Å². The van der Waals surface area contributed by atoms with Gasteiger partial charge < -0.3 is 34.3 Å². The first-order chi connectivity index (χ1) is 26.0. The first-order valence-corrected chi connectivity index (χ1v) is 22.5. The lowest BCUT2D eigenvalue weighted by Gasteiger charge is -2.40. The summed E-state index contributed by atoms with van der Waals surface area (Å²) in [6.07, 6.45) is 23.8. The highest BCUT2D eigenvalue weighted by Crippen LogP contribution is 2.24. The Bertz CT molecular complexity index is 1110. The van der Waals surface area contributed by atoms with Crippen molar-refractivity contribution < 1.29 is 56.8 Å². The van der Waals surface area contributed by atoms with E-state index in [1.807, 2.05) is 0 Å². The summed E-state index contributed by atoms with van der Waals surface area (Å²) >= 11 is 0. The molecule has 6 atom stereocenters. The molecule has 1 fully saturated rings. The van der Waals surface area contributed by atoms with Crippen molar-refractivity contribution in [1.82, 2.24) is 0 Å². The average molecular weight is 791 g/mol. The lowest BCUT2D eigenvalue weighted by molar-refractivity contribution is -0.297. The lowest BCUT2D eigenvalue weighted by Crippen LogP contribution is -2.60. The lowest BCUT2D eigenvalue weighted by atomic mass is 10.00. The molecule has 13 heteroatoms. The van der Waals surface area contributed by atoms with Gasteiger partial charge in [0.15, 0.2) is 12.4 Å². The summed E-state index contributed by atoms with van der Waals surface area (Å²) in [6, 6.07) is 0. The number of ether oxygens (including phenoxy) is 4. The second-order valence-corrected chi connectivity index (χ2v) is 16.1. The molecule has 1 aliphatic heterocycles. The molecule has 0 aromatic carbocycles. The van der Waals surface area contributed by atoms with Gasteiger partial charge in [-0.15, -0.1) is 0 Å². The van der Waals surface area contributed by atoms with E-state index >= 15 is 0 Å². The Morgan fingerprint density at radius 1 is 0.611 bits per heavy atom. The SMILES string of the molecule is CCCC/C=C/CCCCCCCC(=O)OC[C@H](CO[C@H]1O[C@H](CS(=O)(=O)O)[C@@H](O)C(O)C1O)OC(=O)CCCCCCC/C=C/CCCCCCCC. The van der Waals surface area contributed by atoms with E-state index in [-0.39, 0.29) is 19.4 Å². The third-order valence-corrected chi connectivity index (χ3v) is 10.3. The summed E-state index contributed by atoms with van der Waals surface area (Å²) in [5, 5.41) is 30.8. The van der Waals surface area contributed by atoms with Gasteiger partial charge in [-0.1, -0.05) is 122 Å². The second-order valence-electron chi connectivity index (χ2n) is 14.6. The second kappa shape index (κ2) is 32.2. The van der Waals surface area contributed by atoms with Gasteiger partial charge in [0.05, 0.1) is 6.61 Å². The number of unbranched alkanes of at least 4 members (excludes halogenated alkanes) is 18. The van der Waals surface area contributed by atoms with Crippen LogP contribution in [-0.4, -0.2) is 96.0 Å². The van der Waals surface area contributed by atoms with Gasteiger partial charge in [-0.05, 0) is 57.8 Å². The Morgan fingerprint density at radius 3 is 1.59 bits per heavy atom. The maximum Gasteiger partial charge on any atom is 0.306 e. The highest BCUT2D eigenvalue weighted by molar-refractivity contribution is 7.85. The summed E-state index contributed by atoms with van der Waals surface area (Å²) < 4.78 is 53.9. The third kappa shape index (κ3) is 26.9. The molecule has 0 aromatic rings. The summed E-state index contributed by atoms with van der Waals surface area (Å²) in [7, 11) is -4.60. The molecule has 0 radical (unpaired) electrons. The van der Waals surface area contributed by atoms with Crippen LogP contribution in [0, 0.1) is 0 Å². The monoisotopic (exact) mass is 790 g/mol. The number of hydrogen-bond donors (Lipinski definition) is 4. The number of aliphatic hydroxyl groups excluding tert-OH is 3.